The Hall–Kier alpha value is -6.02. The molecule has 0 bridgehead atoms. The molecule has 0 atom stereocenters. The number of carbonyl (C=O) groups excluding carboxylic acids is 2. The molecule has 0 aliphatic carbocycles. The van der Waals surface area contributed by atoms with E-state index >= 15 is 0 Å². The highest BCUT2D eigenvalue weighted by Crippen LogP contribution is 2.19. The van der Waals surface area contributed by atoms with Crippen LogP contribution < -0.4 is 9.47 Å². The van der Waals surface area contributed by atoms with Crippen LogP contribution in [0.1, 0.15) is 108 Å². The molecule has 0 radical (unpaired) electrons. The van der Waals surface area contributed by atoms with Gasteiger partial charge < -0.3 is 18.9 Å². The Labute approximate surface area is 344 Å². The second kappa shape index (κ2) is 24.6. The first-order chi connectivity index (χ1) is 28.5. The summed E-state index contributed by atoms with van der Waals surface area (Å²) in [7, 11) is 0. The molecule has 58 heavy (non-hydrogen) atoms. The highest BCUT2D eigenvalue weighted by molar-refractivity contribution is 6.03. The van der Waals surface area contributed by atoms with Crippen LogP contribution >= 0.6 is 0 Å². The van der Waals surface area contributed by atoms with Gasteiger partial charge in [-0.2, -0.15) is 0 Å². The van der Waals surface area contributed by atoms with Crippen LogP contribution in [0.5, 0.6) is 11.5 Å². The van der Waals surface area contributed by atoms with E-state index in [-0.39, 0.29) is 24.3 Å². The predicted octanol–water partition coefficient (Wildman–Crippen LogP) is 11.9. The van der Waals surface area contributed by atoms with Gasteiger partial charge in [-0.05, 0) is 133 Å². The molecule has 0 aliphatic heterocycles. The Bertz CT molecular complexity index is 1870. The molecule has 5 rings (SSSR count). The summed E-state index contributed by atoms with van der Waals surface area (Å²) >= 11 is 0. The molecule has 5 aromatic carbocycles. The molecule has 0 aliphatic rings. The Morgan fingerprint density at radius 1 is 0.466 bits per heavy atom. The van der Waals surface area contributed by atoms with Gasteiger partial charge in [0.15, 0.2) is 0 Å². The lowest BCUT2D eigenvalue weighted by molar-refractivity contribution is 0.0438. The third-order valence-corrected chi connectivity index (χ3v) is 9.44. The van der Waals surface area contributed by atoms with Crippen molar-refractivity contribution in [3.05, 3.63) is 155 Å². The number of aliphatic imine (C=N–C) groups is 2. The van der Waals surface area contributed by atoms with Gasteiger partial charge in [-0.25, -0.2) is 9.59 Å². The number of nitrogens with zero attached hydrogens (tertiary/aromatic N) is 2. The fourth-order valence-electron chi connectivity index (χ4n) is 6.08. The van der Waals surface area contributed by atoms with Crippen molar-refractivity contribution in [3.8, 4) is 11.5 Å². The maximum Gasteiger partial charge on any atom is 0.339 e. The molecule has 0 heterocycles. The van der Waals surface area contributed by atoms with Gasteiger partial charge >= 0.3 is 11.9 Å². The topological polar surface area (TPSA) is 95.8 Å². The monoisotopic (exact) mass is 780 g/mol. The first-order valence-corrected chi connectivity index (χ1v) is 20.7. The number of carbonyl (C=O) groups is 2. The van der Waals surface area contributed by atoms with E-state index in [4.69, 9.17) is 18.9 Å². The highest BCUT2D eigenvalue weighted by atomic mass is 16.5. The van der Waals surface area contributed by atoms with Gasteiger partial charge in [0.2, 0.25) is 0 Å². The molecule has 0 spiro atoms. The largest absolute Gasteiger partial charge is 0.493 e. The Morgan fingerprint density at radius 3 is 1.24 bits per heavy atom. The van der Waals surface area contributed by atoms with Crippen molar-refractivity contribution in [1.29, 1.82) is 0 Å². The van der Waals surface area contributed by atoms with Crippen LogP contribution in [0.3, 0.4) is 0 Å². The van der Waals surface area contributed by atoms with Crippen LogP contribution in [0.2, 0.25) is 0 Å². The van der Waals surface area contributed by atoms with Crippen LogP contribution in [0.4, 0.5) is 11.4 Å². The zero-order chi connectivity index (χ0) is 40.6. The number of aryl methyl sites for hydroxylation is 2. The average Bonchev–Trinajstić information content (AvgIpc) is 3.26. The summed E-state index contributed by atoms with van der Waals surface area (Å²) in [5.74, 6) is 0.253. The fraction of sp³-hybridized carbons (Fsp3) is 0.320. The third kappa shape index (κ3) is 15.1. The Morgan fingerprint density at radius 2 is 0.862 bits per heavy atom. The number of rotatable bonds is 24. The van der Waals surface area contributed by atoms with Gasteiger partial charge in [0.25, 0.3) is 0 Å². The van der Waals surface area contributed by atoms with Crippen LogP contribution in [-0.2, 0) is 22.3 Å². The maximum atomic E-state index is 12.9. The predicted molar refractivity (Wildman–Crippen MR) is 234 cm³/mol. The summed E-state index contributed by atoms with van der Waals surface area (Å²) in [6.45, 7) is 5.45. The van der Waals surface area contributed by atoms with Crippen molar-refractivity contribution in [2.75, 3.05) is 26.4 Å². The molecule has 0 amide bonds. The normalized spacial score (nSPS) is 11.2. The molecule has 0 saturated heterocycles. The molecule has 0 aromatic heterocycles. The van der Waals surface area contributed by atoms with Crippen molar-refractivity contribution < 1.29 is 28.5 Å². The van der Waals surface area contributed by atoms with Crippen LogP contribution in [0, 0.1) is 0 Å². The zero-order valence-corrected chi connectivity index (χ0v) is 33.9. The third-order valence-electron chi connectivity index (χ3n) is 9.44. The Balaban J connectivity index is 0.954. The van der Waals surface area contributed by atoms with Gasteiger partial charge in [-0.1, -0.05) is 75.9 Å². The first kappa shape index (κ1) is 43.1. The van der Waals surface area contributed by atoms with Gasteiger partial charge in [-0.3, -0.25) is 9.98 Å². The minimum absolute atomic E-state index is 0.141. The van der Waals surface area contributed by atoms with Crippen LogP contribution in [-0.4, -0.2) is 50.8 Å². The smallest absolute Gasteiger partial charge is 0.339 e. The summed E-state index contributed by atoms with van der Waals surface area (Å²) in [6.07, 6.45) is 14.3. The molecular formula is C50H56N2O6. The van der Waals surface area contributed by atoms with E-state index in [1.54, 1.807) is 24.3 Å². The average molecular weight is 781 g/mol. The van der Waals surface area contributed by atoms with E-state index < -0.39 is 11.9 Å². The molecule has 0 N–H and O–H groups in total. The molecule has 302 valence electrons. The quantitative estimate of drug-likeness (QED) is 0.0351. The fourth-order valence-corrected chi connectivity index (χ4v) is 6.08. The molecule has 8 heteroatoms. The van der Waals surface area contributed by atoms with Crippen molar-refractivity contribution in [2.24, 2.45) is 9.98 Å². The van der Waals surface area contributed by atoms with Crippen molar-refractivity contribution in [1.82, 2.24) is 0 Å². The second-order valence-electron chi connectivity index (χ2n) is 14.1. The number of benzene rings is 5. The molecule has 0 fully saturated rings. The van der Waals surface area contributed by atoms with E-state index in [0.717, 1.165) is 35.3 Å². The lowest BCUT2D eigenvalue weighted by Crippen LogP contribution is -2.16. The summed E-state index contributed by atoms with van der Waals surface area (Å²) in [6, 6.07) is 38.7. The minimum atomic E-state index is -0.588. The maximum absolute atomic E-state index is 12.9. The molecular weight excluding hydrogens is 725 g/mol. The van der Waals surface area contributed by atoms with Gasteiger partial charge in [0.1, 0.15) is 11.5 Å². The van der Waals surface area contributed by atoms with Gasteiger partial charge in [0.05, 0.1) is 48.9 Å². The number of hydrogen-bond acceptors (Lipinski definition) is 8. The van der Waals surface area contributed by atoms with E-state index in [0.29, 0.717) is 37.6 Å². The van der Waals surface area contributed by atoms with E-state index in [2.05, 4.69) is 72.4 Å². The van der Waals surface area contributed by atoms with Crippen LogP contribution in [0.25, 0.3) is 0 Å². The first-order valence-electron chi connectivity index (χ1n) is 20.7. The van der Waals surface area contributed by atoms with Crippen molar-refractivity contribution in [3.63, 3.8) is 0 Å². The van der Waals surface area contributed by atoms with Gasteiger partial charge in [-0.15, -0.1) is 0 Å². The van der Waals surface area contributed by atoms with E-state index in [9.17, 15) is 9.59 Å². The van der Waals surface area contributed by atoms with Gasteiger partial charge in [0, 0.05) is 25.3 Å². The van der Waals surface area contributed by atoms with Crippen molar-refractivity contribution in [2.45, 2.75) is 78.1 Å². The van der Waals surface area contributed by atoms with E-state index in [1.165, 1.54) is 49.7 Å². The molecule has 8 nitrogen and oxygen atoms in total. The van der Waals surface area contributed by atoms with E-state index in [1.807, 2.05) is 61.0 Å². The van der Waals surface area contributed by atoms with Crippen molar-refractivity contribution >= 4 is 35.7 Å². The number of unbranched alkanes of at least 4 members (excludes halogenated alkanes) is 4. The Kier molecular flexibility index (Phi) is 18.3. The summed E-state index contributed by atoms with van der Waals surface area (Å²) in [5, 5.41) is 0. The highest BCUT2D eigenvalue weighted by Gasteiger charge is 2.19. The van der Waals surface area contributed by atoms with Crippen LogP contribution in [0.15, 0.2) is 131 Å². The summed E-state index contributed by atoms with van der Waals surface area (Å²) in [5.41, 5.74) is 6.79. The number of ether oxygens (including phenoxy) is 4. The lowest BCUT2D eigenvalue weighted by Gasteiger charge is -2.11. The molecule has 0 saturated carbocycles. The lowest BCUT2D eigenvalue weighted by atomic mass is 10.1. The summed E-state index contributed by atoms with van der Waals surface area (Å²) in [4.78, 5) is 35.0. The number of hydrogen-bond donors (Lipinski definition) is 0. The zero-order valence-electron chi connectivity index (χ0n) is 33.9. The standard InChI is InChI=1S/C50H56N2O6/c1-3-5-7-13-39-17-25-43(26-18-39)51-37-41-21-29-45(30-22-41)55-33-11-35-57-49(53)47-15-9-10-16-48(47)50(54)58-36-12-34-56-46-31-23-42(24-32-46)38-52-44-27-19-40(20-28-44)14-8-6-4-2/h9-10,15-32,37-38H,3-8,11-14,33-36H2,1-2H3. The number of esters is 2. The molecule has 0 unspecified atom stereocenters. The minimum Gasteiger partial charge on any atom is -0.493 e. The molecule has 5 aromatic rings. The summed E-state index contributed by atoms with van der Waals surface area (Å²) < 4.78 is 22.6. The SMILES string of the molecule is CCCCCc1ccc(N=Cc2ccc(OCCCOC(=O)c3ccccc3C(=O)OCCCOc3ccc(C=Nc4ccc(CCCCC)cc4)cc3)cc2)cc1. The second-order valence-corrected chi connectivity index (χ2v) is 14.1.